The molecule has 5 heteroatoms. The van der Waals surface area contributed by atoms with Gasteiger partial charge in [-0.25, -0.2) is 0 Å². The van der Waals surface area contributed by atoms with Crippen LogP contribution in [0.25, 0.3) is 0 Å². The Labute approximate surface area is 203 Å². The summed E-state index contributed by atoms with van der Waals surface area (Å²) in [5.74, 6) is 1.80. The van der Waals surface area contributed by atoms with E-state index in [0.29, 0.717) is 11.8 Å². The molecule has 5 fully saturated rings. The normalized spacial score (nSPS) is 43.9. The van der Waals surface area contributed by atoms with E-state index >= 15 is 0 Å². The van der Waals surface area contributed by atoms with E-state index in [2.05, 4.69) is 31.7 Å². The highest BCUT2D eigenvalue weighted by molar-refractivity contribution is 5.63. The highest BCUT2D eigenvalue weighted by Gasteiger charge is 2.82. The SMILES string of the molecule is CO[C@@]12CCC3(C[C@@H]1[C@](C)(O)C(C)(C)C)C1Cc4ccc(O)c5c4[C@@]3(CCN1CC1CC1)[C@@H]2O5. The van der Waals surface area contributed by atoms with Crippen molar-refractivity contribution in [1.29, 1.82) is 0 Å². The molecule has 7 atom stereocenters. The maximum absolute atomic E-state index is 12.2. The van der Waals surface area contributed by atoms with Crippen LogP contribution < -0.4 is 4.74 Å². The zero-order valence-electron chi connectivity index (χ0n) is 21.5. The molecule has 0 radical (unpaired) electrons. The third kappa shape index (κ3) is 2.25. The molecule has 2 spiro atoms. The lowest BCUT2D eigenvalue weighted by molar-refractivity contribution is -0.312. The number of hydrogen-bond acceptors (Lipinski definition) is 5. The molecule has 4 bridgehead atoms. The average molecular weight is 468 g/mol. The van der Waals surface area contributed by atoms with Crippen molar-refractivity contribution in [3.8, 4) is 11.5 Å². The number of ether oxygens (including phenoxy) is 2. The molecule has 0 aromatic heterocycles. The number of phenolic OH excluding ortho intramolecular Hbond substituents is 1. The van der Waals surface area contributed by atoms with E-state index < -0.39 is 11.2 Å². The third-order valence-electron chi connectivity index (χ3n) is 11.9. The van der Waals surface area contributed by atoms with Gasteiger partial charge in [0.05, 0.1) is 5.60 Å². The number of methoxy groups -OCH3 is 1. The van der Waals surface area contributed by atoms with E-state index in [1.54, 1.807) is 0 Å². The summed E-state index contributed by atoms with van der Waals surface area (Å²) in [5.41, 5.74) is 0.783. The van der Waals surface area contributed by atoms with Gasteiger partial charge in [-0.3, -0.25) is 4.90 Å². The fourth-order valence-electron chi connectivity index (χ4n) is 9.58. The molecule has 5 aliphatic carbocycles. The zero-order valence-corrected chi connectivity index (χ0v) is 21.5. The van der Waals surface area contributed by atoms with Gasteiger partial charge < -0.3 is 19.7 Å². The van der Waals surface area contributed by atoms with Gasteiger partial charge >= 0.3 is 0 Å². The second-order valence-electron chi connectivity index (χ2n) is 13.8. The van der Waals surface area contributed by atoms with Crippen LogP contribution in [0, 0.1) is 22.7 Å². The zero-order chi connectivity index (χ0) is 23.9. The van der Waals surface area contributed by atoms with Crippen LogP contribution in [0.3, 0.4) is 0 Å². The van der Waals surface area contributed by atoms with Crippen LogP contribution in [0.5, 0.6) is 11.5 Å². The van der Waals surface area contributed by atoms with Crippen molar-refractivity contribution in [2.24, 2.45) is 22.7 Å². The van der Waals surface area contributed by atoms with E-state index in [-0.39, 0.29) is 34.0 Å². The Balaban J connectivity index is 1.47. The van der Waals surface area contributed by atoms with E-state index in [4.69, 9.17) is 9.47 Å². The number of fused-ring (bicyclic) bond motifs is 2. The molecule has 34 heavy (non-hydrogen) atoms. The molecular formula is C29H41NO4. The fourth-order valence-corrected chi connectivity index (χ4v) is 9.58. The molecule has 2 N–H and O–H groups in total. The van der Waals surface area contributed by atoms with Gasteiger partial charge in [0.2, 0.25) is 0 Å². The molecule has 7 aliphatic rings. The quantitative estimate of drug-likeness (QED) is 0.687. The lowest BCUT2D eigenvalue weighted by Gasteiger charge is -2.75. The number of benzene rings is 1. The first-order valence-corrected chi connectivity index (χ1v) is 13.6. The van der Waals surface area contributed by atoms with Crippen molar-refractivity contribution >= 4 is 0 Å². The summed E-state index contributed by atoms with van der Waals surface area (Å²) in [4.78, 5) is 2.82. The summed E-state index contributed by atoms with van der Waals surface area (Å²) in [5, 5.41) is 23.2. The van der Waals surface area contributed by atoms with Gasteiger partial charge in [-0.2, -0.15) is 0 Å². The number of hydrogen-bond donors (Lipinski definition) is 2. The molecule has 4 saturated carbocycles. The number of piperidine rings is 1. The molecule has 2 aliphatic heterocycles. The first-order chi connectivity index (χ1) is 16.0. The summed E-state index contributed by atoms with van der Waals surface area (Å²) in [6.07, 6.45) is 7.64. The highest BCUT2D eigenvalue weighted by Crippen LogP contribution is 2.78. The number of phenols is 1. The van der Waals surface area contributed by atoms with Gasteiger partial charge in [0.1, 0.15) is 11.7 Å². The van der Waals surface area contributed by atoms with Crippen LogP contribution in [0.1, 0.15) is 77.3 Å². The Hall–Kier alpha value is -1.30. The predicted molar refractivity (Wildman–Crippen MR) is 130 cm³/mol. The maximum atomic E-state index is 12.2. The Kier molecular flexibility index (Phi) is 4.08. The third-order valence-corrected chi connectivity index (χ3v) is 11.9. The second kappa shape index (κ2) is 6.33. The molecule has 1 aromatic carbocycles. The van der Waals surface area contributed by atoms with Gasteiger partial charge in [-0.1, -0.05) is 26.8 Å². The van der Waals surface area contributed by atoms with Gasteiger partial charge in [-0.15, -0.1) is 0 Å². The molecular weight excluding hydrogens is 426 g/mol. The molecule has 0 amide bonds. The van der Waals surface area contributed by atoms with E-state index in [1.165, 1.54) is 30.5 Å². The fraction of sp³-hybridized carbons (Fsp3) is 0.793. The van der Waals surface area contributed by atoms with Gasteiger partial charge in [0.15, 0.2) is 11.5 Å². The Morgan fingerprint density at radius 2 is 1.91 bits per heavy atom. The van der Waals surface area contributed by atoms with Crippen LogP contribution >= 0.6 is 0 Å². The van der Waals surface area contributed by atoms with E-state index in [0.717, 1.165) is 44.6 Å². The number of aliphatic hydroxyl groups is 1. The number of likely N-dealkylation sites (tertiary alicyclic amines) is 1. The van der Waals surface area contributed by atoms with Crippen molar-refractivity contribution in [2.75, 3.05) is 20.2 Å². The van der Waals surface area contributed by atoms with Crippen LogP contribution in [0.15, 0.2) is 12.1 Å². The van der Waals surface area contributed by atoms with Crippen molar-refractivity contribution in [2.45, 2.75) is 101 Å². The molecule has 186 valence electrons. The standard InChI is InChI=1S/C29H41NO4/c1-25(2,3)26(4,32)20-15-27-10-11-29(20,33-5)24-28(27)12-13-30(16-17-6-7-17)21(27)14-18-8-9-19(31)23(34-24)22(18)28/h8-9,17,20-21,24,31-32H,6-7,10-16H2,1-5H3/t20-,21?,24+,26+,27?,28+,29+/m1/s1. The lowest BCUT2D eigenvalue weighted by atomic mass is 9.33. The Morgan fingerprint density at radius 1 is 1.15 bits per heavy atom. The summed E-state index contributed by atoms with van der Waals surface area (Å²) in [6.45, 7) is 10.8. The van der Waals surface area contributed by atoms with Crippen molar-refractivity contribution in [1.82, 2.24) is 4.90 Å². The average Bonchev–Trinajstić information content (AvgIpc) is 3.53. The van der Waals surface area contributed by atoms with Crippen molar-refractivity contribution < 1.29 is 19.7 Å². The summed E-state index contributed by atoms with van der Waals surface area (Å²) < 4.78 is 13.5. The number of aromatic hydroxyl groups is 1. The summed E-state index contributed by atoms with van der Waals surface area (Å²) in [7, 11) is 1.83. The van der Waals surface area contributed by atoms with Crippen LogP contribution in [0.2, 0.25) is 0 Å². The Morgan fingerprint density at radius 3 is 2.59 bits per heavy atom. The second-order valence-corrected chi connectivity index (χ2v) is 13.8. The molecule has 2 heterocycles. The van der Waals surface area contributed by atoms with Crippen LogP contribution in [0.4, 0.5) is 0 Å². The number of nitrogens with zero attached hydrogens (tertiary/aromatic N) is 1. The van der Waals surface area contributed by atoms with Crippen LogP contribution in [-0.4, -0.2) is 58.7 Å². The molecule has 2 unspecified atom stereocenters. The van der Waals surface area contributed by atoms with Gasteiger partial charge in [0.25, 0.3) is 0 Å². The van der Waals surface area contributed by atoms with Crippen molar-refractivity contribution in [3.05, 3.63) is 23.3 Å². The van der Waals surface area contributed by atoms with Gasteiger partial charge in [-0.05, 0) is 81.4 Å². The lowest BCUT2D eigenvalue weighted by Crippen LogP contribution is -2.83. The summed E-state index contributed by atoms with van der Waals surface area (Å²) >= 11 is 0. The minimum Gasteiger partial charge on any atom is -0.504 e. The van der Waals surface area contributed by atoms with Gasteiger partial charge in [0, 0.05) is 42.0 Å². The summed E-state index contributed by atoms with van der Waals surface area (Å²) in [6, 6.07) is 4.46. The molecule has 5 nitrogen and oxygen atoms in total. The molecule has 1 aromatic rings. The minimum absolute atomic E-state index is 0.0294. The van der Waals surface area contributed by atoms with Crippen LogP contribution in [-0.2, 0) is 16.6 Å². The minimum atomic E-state index is -0.909. The highest BCUT2D eigenvalue weighted by atomic mass is 16.6. The monoisotopic (exact) mass is 467 g/mol. The topological polar surface area (TPSA) is 62.2 Å². The largest absolute Gasteiger partial charge is 0.504 e. The molecule has 1 saturated heterocycles. The van der Waals surface area contributed by atoms with E-state index in [1.807, 2.05) is 20.1 Å². The maximum Gasteiger partial charge on any atom is 0.165 e. The first-order valence-electron chi connectivity index (χ1n) is 13.6. The van der Waals surface area contributed by atoms with E-state index in [9.17, 15) is 10.2 Å². The number of rotatable bonds is 4. The molecule has 8 rings (SSSR count). The Bertz CT molecular complexity index is 1060. The predicted octanol–water partition coefficient (Wildman–Crippen LogP) is 4.41. The van der Waals surface area contributed by atoms with Crippen molar-refractivity contribution in [3.63, 3.8) is 0 Å². The first kappa shape index (κ1) is 21.9. The smallest absolute Gasteiger partial charge is 0.165 e.